The van der Waals surface area contributed by atoms with Crippen molar-refractivity contribution in [1.29, 1.82) is 0 Å². The van der Waals surface area contributed by atoms with Gasteiger partial charge in [-0.2, -0.15) is 0 Å². The SMILES string of the molecule is O=S(=O)(c1ccc(C2CCNCC2)cc1Cl)C1COC1. The van der Waals surface area contributed by atoms with Gasteiger partial charge in [0, 0.05) is 0 Å². The molecular formula is C14H18ClNO3S. The van der Waals surface area contributed by atoms with Crippen molar-refractivity contribution in [2.75, 3.05) is 26.3 Å². The van der Waals surface area contributed by atoms with Crippen LogP contribution >= 0.6 is 11.6 Å². The van der Waals surface area contributed by atoms with E-state index in [1.54, 1.807) is 6.07 Å². The van der Waals surface area contributed by atoms with E-state index in [4.69, 9.17) is 16.3 Å². The molecule has 1 aromatic carbocycles. The molecule has 0 bridgehead atoms. The fourth-order valence-electron chi connectivity index (χ4n) is 2.73. The zero-order chi connectivity index (χ0) is 14.2. The maximum Gasteiger partial charge on any atom is 0.187 e. The second kappa shape index (κ2) is 5.64. The lowest BCUT2D eigenvalue weighted by molar-refractivity contribution is 0.0416. The Bertz CT molecular complexity index is 592. The molecule has 0 amide bonds. The van der Waals surface area contributed by atoms with Crippen LogP contribution in [0.2, 0.25) is 5.02 Å². The summed E-state index contributed by atoms with van der Waals surface area (Å²) in [7, 11) is -3.35. The number of hydrogen-bond donors (Lipinski definition) is 1. The summed E-state index contributed by atoms with van der Waals surface area (Å²) in [6, 6.07) is 5.39. The first-order valence-electron chi connectivity index (χ1n) is 6.91. The van der Waals surface area contributed by atoms with E-state index in [0.717, 1.165) is 31.5 Å². The molecule has 0 aromatic heterocycles. The molecule has 0 spiro atoms. The molecule has 0 radical (unpaired) electrons. The highest BCUT2D eigenvalue weighted by atomic mass is 35.5. The van der Waals surface area contributed by atoms with Crippen molar-refractivity contribution in [3.05, 3.63) is 28.8 Å². The van der Waals surface area contributed by atoms with E-state index in [1.165, 1.54) is 0 Å². The minimum atomic E-state index is -3.35. The second-order valence-corrected chi connectivity index (χ2v) is 8.02. The van der Waals surface area contributed by atoms with Crippen LogP contribution in [0.3, 0.4) is 0 Å². The van der Waals surface area contributed by atoms with Crippen LogP contribution < -0.4 is 5.32 Å². The summed E-state index contributed by atoms with van der Waals surface area (Å²) in [6.45, 7) is 2.55. The highest BCUT2D eigenvalue weighted by molar-refractivity contribution is 7.92. The molecule has 3 rings (SSSR count). The number of halogens is 1. The van der Waals surface area contributed by atoms with Crippen molar-refractivity contribution in [2.45, 2.75) is 28.9 Å². The monoisotopic (exact) mass is 315 g/mol. The average Bonchev–Trinajstić information content (AvgIpc) is 2.36. The number of piperidine rings is 1. The molecule has 2 aliphatic rings. The van der Waals surface area contributed by atoms with Gasteiger partial charge < -0.3 is 10.1 Å². The van der Waals surface area contributed by atoms with Crippen molar-refractivity contribution in [1.82, 2.24) is 5.32 Å². The number of rotatable bonds is 3. The molecule has 2 heterocycles. The molecule has 0 aliphatic carbocycles. The van der Waals surface area contributed by atoms with Gasteiger partial charge in [0.15, 0.2) is 9.84 Å². The molecular weight excluding hydrogens is 298 g/mol. The molecule has 4 nitrogen and oxygen atoms in total. The maximum absolute atomic E-state index is 12.3. The van der Waals surface area contributed by atoms with Gasteiger partial charge in [-0.25, -0.2) is 8.42 Å². The first kappa shape index (κ1) is 14.3. The molecule has 2 fully saturated rings. The van der Waals surface area contributed by atoms with Gasteiger partial charge in [-0.05, 0) is 49.5 Å². The maximum atomic E-state index is 12.3. The Labute approximate surface area is 124 Å². The summed E-state index contributed by atoms with van der Waals surface area (Å²) in [4.78, 5) is 0.241. The standard InChI is InChI=1S/C14H18ClNO3S/c15-13-7-11(10-3-5-16-6-4-10)1-2-14(13)20(17,18)12-8-19-9-12/h1-2,7,10,12,16H,3-6,8-9H2. The van der Waals surface area contributed by atoms with Gasteiger partial charge in [-0.3, -0.25) is 0 Å². The van der Waals surface area contributed by atoms with Crippen molar-refractivity contribution >= 4 is 21.4 Å². The minimum absolute atomic E-state index is 0.241. The van der Waals surface area contributed by atoms with Crippen LogP contribution in [0.4, 0.5) is 0 Å². The van der Waals surface area contributed by atoms with E-state index in [9.17, 15) is 8.42 Å². The molecule has 0 unspecified atom stereocenters. The molecule has 2 saturated heterocycles. The van der Waals surface area contributed by atoms with Gasteiger partial charge in [-0.1, -0.05) is 17.7 Å². The molecule has 20 heavy (non-hydrogen) atoms. The van der Waals surface area contributed by atoms with Crippen LogP contribution in [-0.2, 0) is 14.6 Å². The Morgan fingerprint density at radius 2 is 1.90 bits per heavy atom. The highest BCUT2D eigenvalue weighted by Crippen LogP contribution is 2.33. The van der Waals surface area contributed by atoms with Gasteiger partial charge in [0.25, 0.3) is 0 Å². The van der Waals surface area contributed by atoms with Crippen LogP contribution in [0.5, 0.6) is 0 Å². The van der Waals surface area contributed by atoms with Crippen LogP contribution in [0.1, 0.15) is 24.3 Å². The van der Waals surface area contributed by atoms with Crippen molar-refractivity contribution in [3.63, 3.8) is 0 Å². The van der Waals surface area contributed by atoms with Gasteiger partial charge in [0.1, 0.15) is 5.25 Å². The lowest BCUT2D eigenvalue weighted by atomic mass is 9.90. The first-order valence-corrected chi connectivity index (χ1v) is 8.83. The fourth-order valence-corrected chi connectivity index (χ4v) is 4.74. The summed E-state index contributed by atoms with van der Waals surface area (Å²) in [5.41, 5.74) is 1.14. The molecule has 1 N–H and O–H groups in total. The number of benzene rings is 1. The van der Waals surface area contributed by atoms with Crippen LogP contribution in [0, 0.1) is 0 Å². The Morgan fingerprint density at radius 1 is 1.20 bits per heavy atom. The predicted molar refractivity (Wildman–Crippen MR) is 78.1 cm³/mol. The summed E-state index contributed by atoms with van der Waals surface area (Å²) in [5, 5.41) is 3.22. The van der Waals surface area contributed by atoms with Crippen molar-refractivity contribution < 1.29 is 13.2 Å². The van der Waals surface area contributed by atoms with Gasteiger partial charge in [0.2, 0.25) is 0 Å². The smallest absolute Gasteiger partial charge is 0.187 e. The lowest BCUT2D eigenvalue weighted by Crippen LogP contribution is -2.40. The Hall–Kier alpha value is -0.620. The zero-order valence-electron chi connectivity index (χ0n) is 11.1. The molecule has 0 saturated carbocycles. The van der Waals surface area contributed by atoms with E-state index in [2.05, 4.69) is 5.32 Å². The fraction of sp³-hybridized carbons (Fsp3) is 0.571. The van der Waals surface area contributed by atoms with E-state index in [1.807, 2.05) is 12.1 Å². The Balaban J connectivity index is 1.87. The van der Waals surface area contributed by atoms with Gasteiger partial charge >= 0.3 is 0 Å². The number of hydrogen-bond acceptors (Lipinski definition) is 4. The lowest BCUT2D eigenvalue weighted by Gasteiger charge is -2.27. The van der Waals surface area contributed by atoms with Crippen molar-refractivity contribution in [3.8, 4) is 0 Å². The van der Waals surface area contributed by atoms with Crippen LogP contribution in [0.25, 0.3) is 0 Å². The third-order valence-electron chi connectivity index (χ3n) is 4.12. The summed E-state index contributed by atoms with van der Waals surface area (Å²) in [6.07, 6.45) is 2.14. The van der Waals surface area contributed by atoms with Crippen LogP contribution in [0.15, 0.2) is 23.1 Å². The number of sulfone groups is 1. The predicted octanol–water partition coefficient (Wildman–Crippen LogP) is 1.98. The minimum Gasteiger partial charge on any atom is -0.379 e. The van der Waals surface area contributed by atoms with E-state index < -0.39 is 15.1 Å². The summed E-state index contributed by atoms with van der Waals surface area (Å²) < 4.78 is 29.7. The van der Waals surface area contributed by atoms with Gasteiger partial charge in [0.05, 0.1) is 23.1 Å². The van der Waals surface area contributed by atoms with Crippen molar-refractivity contribution in [2.24, 2.45) is 0 Å². The Kier molecular flexibility index (Phi) is 4.04. The number of nitrogens with one attached hydrogen (secondary N) is 1. The largest absolute Gasteiger partial charge is 0.379 e. The highest BCUT2D eigenvalue weighted by Gasteiger charge is 2.35. The number of ether oxygens (including phenoxy) is 1. The summed E-state index contributed by atoms with van der Waals surface area (Å²) in [5.74, 6) is 0.470. The first-order chi connectivity index (χ1) is 9.59. The third kappa shape index (κ3) is 2.60. The van der Waals surface area contributed by atoms with E-state index in [0.29, 0.717) is 10.9 Å². The van der Waals surface area contributed by atoms with Gasteiger partial charge in [-0.15, -0.1) is 0 Å². The van der Waals surface area contributed by atoms with E-state index >= 15 is 0 Å². The summed E-state index contributed by atoms with van der Waals surface area (Å²) >= 11 is 6.22. The normalized spacial score (nSPS) is 21.6. The molecule has 0 atom stereocenters. The molecule has 1 aromatic rings. The molecule has 110 valence electrons. The third-order valence-corrected chi connectivity index (χ3v) is 6.66. The second-order valence-electron chi connectivity index (χ2n) is 5.42. The topological polar surface area (TPSA) is 55.4 Å². The quantitative estimate of drug-likeness (QED) is 0.926. The average molecular weight is 316 g/mol. The molecule has 2 aliphatic heterocycles. The zero-order valence-corrected chi connectivity index (χ0v) is 12.7. The van der Waals surface area contributed by atoms with E-state index in [-0.39, 0.29) is 18.1 Å². The van der Waals surface area contributed by atoms with Crippen LogP contribution in [-0.4, -0.2) is 40.0 Å². The Morgan fingerprint density at radius 3 is 2.45 bits per heavy atom. The molecule has 6 heteroatoms.